The van der Waals surface area contributed by atoms with Gasteiger partial charge in [-0.15, -0.1) is 0 Å². The number of aryl methyl sites for hydroxylation is 2. The van der Waals surface area contributed by atoms with E-state index in [0.717, 1.165) is 41.0 Å². The molecule has 2 aromatic carbocycles. The van der Waals surface area contributed by atoms with Crippen LogP contribution in [0.3, 0.4) is 0 Å². The van der Waals surface area contributed by atoms with Gasteiger partial charge in [0.25, 0.3) is 0 Å². The molecule has 1 aliphatic rings. The summed E-state index contributed by atoms with van der Waals surface area (Å²) in [6, 6.07) is 13.7. The van der Waals surface area contributed by atoms with Crippen LogP contribution in [0.2, 0.25) is 0 Å². The minimum absolute atomic E-state index is 0.300. The number of rotatable bonds is 7. The molecule has 1 aliphatic carbocycles. The van der Waals surface area contributed by atoms with Crippen LogP contribution in [0.15, 0.2) is 52.4 Å². The zero-order chi connectivity index (χ0) is 22.5. The number of oxime groups is 1. The van der Waals surface area contributed by atoms with Gasteiger partial charge in [0, 0.05) is 24.1 Å². The quantitative estimate of drug-likeness (QED) is 0.417. The standard InChI is InChI=1S/C24H29N5O3/c1-17-15-19(23(25-31-3)18-9-5-4-6-10-18)13-14-22(17)32-16-20-11-7-8-12-21(20)29-24(30)28(2)26-27-29/h7-8,11-15,18H,4-6,9-10,16H2,1-3H3. The first-order valence-electron chi connectivity index (χ1n) is 11.0. The van der Waals surface area contributed by atoms with Gasteiger partial charge in [0.05, 0.1) is 11.4 Å². The van der Waals surface area contributed by atoms with E-state index in [9.17, 15) is 4.79 Å². The maximum atomic E-state index is 12.3. The average molecular weight is 436 g/mol. The number of ether oxygens (including phenoxy) is 1. The number of para-hydroxylation sites is 1. The fourth-order valence-corrected chi connectivity index (χ4v) is 4.27. The van der Waals surface area contributed by atoms with Gasteiger partial charge in [-0.3, -0.25) is 0 Å². The van der Waals surface area contributed by atoms with Crippen LogP contribution in [0.1, 0.15) is 48.8 Å². The number of aromatic nitrogens is 4. The second-order valence-electron chi connectivity index (χ2n) is 8.19. The van der Waals surface area contributed by atoms with Crippen LogP contribution < -0.4 is 10.4 Å². The first-order chi connectivity index (χ1) is 15.6. The Hall–Kier alpha value is -3.42. The zero-order valence-electron chi connectivity index (χ0n) is 18.8. The molecule has 168 valence electrons. The van der Waals surface area contributed by atoms with Gasteiger partial charge in [0.15, 0.2) is 0 Å². The molecule has 0 saturated heterocycles. The predicted molar refractivity (Wildman–Crippen MR) is 122 cm³/mol. The topological polar surface area (TPSA) is 83.5 Å². The van der Waals surface area contributed by atoms with Crippen LogP contribution in [-0.2, 0) is 18.5 Å². The summed E-state index contributed by atoms with van der Waals surface area (Å²) in [5, 5.41) is 12.1. The van der Waals surface area contributed by atoms with Crippen molar-refractivity contribution >= 4 is 5.71 Å². The smallest absolute Gasteiger partial charge is 0.368 e. The van der Waals surface area contributed by atoms with Crippen molar-refractivity contribution in [3.8, 4) is 11.4 Å². The Balaban J connectivity index is 1.54. The number of tetrazole rings is 1. The van der Waals surface area contributed by atoms with Gasteiger partial charge in [0.2, 0.25) is 0 Å². The van der Waals surface area contributed by atoms with Crippen LogP contribution in [0.25, 0.3) is 5.69 Å². The number of hydrogen-bond donors (Lipinski definition) is 0. The van der Waals surface area contributed by atoms with Crippen molar-refractivity contribution in [1.29, 1.82) is 0 Å². The highest BCUT2D eigenvalue weighted by atomic mass is 16.6. The van der Waals surface area contributed by atoms with Gasteiger partial charge in [-0.2, -0.15) is 9.36 Å². The molecule has 8 heteroatoms. The number of nitrogens with zero attached hydrogens (tertiary/aromatic N) is 5. The van der Waals surface area contributed by atoms with Crippen molar-refractivity contribution < 1.29 is 9.57 Å². The minimum Gasteiger partial charge on any atom is -0.489 e. The molecule has 0 amide bonds. The Morgan fingerprint density at radius 3 is 2.59 bits per heavy atom. The molecule has 0 aliphatic heterocycles. The maximum absolute atomic E-state index is 12.3. The molecule has 4 rings (SSSR count). The average Bonchev–Trinajstić information content (AvgIpc) is 3.15. The summed E-state index contributed by atoms with van der Waals surface area (Å²) in [4.78, 5) is 17.4. The molecule has 1 heterocycles. The molecular formula is C24H29N5O3. The fourth-order valence-electron chi connectivity index (χ4n) is 4.27. The molecule has 1 aromatic heterocycles. The fraction of sp³-hybridized carbons (Fsp3) is 0.417. The Labute approximate surface area is 187 Å². The molecule has 0 bridgehead atoms. The SMILES string of the molecule is CON=C(c1ccc(OCc2ccccc2-n2nnn(C)c2=O)c(C)c1)C1CCCCC1. The van der Waals surface area contributed by atoms with E-state index < -0.39 is 0 Å². The van der Waals surface area contributed by atoms with Crippen molar-refractivity contribution in [2.24, 2.45) is 18.1 Å². The summed E-state index contributed by atoms with van der Waals surface area (Å²) >= 11 is 0. The number of benzene rings is 2. The maximum Gasteiger partial charge on any atom is 0.368 e. The van der Waals surface area contributed by atoms with Crippen molar-refractivity contribution in [3.05, 3.63) is 69.6 Å². The van der Waals surface area contributed by atoms with E-state index in [-0.39, 0.29) is 5.69 Å². The van der Waals surface area contributed by atoms with Gasteiger partial charge >= 0.3 is 5.69 Å². The third kappa shape index (κ3) is 4.59. The summed E-state index contributed by atoms with van der Waals surface area (Å²) in [5.41, 5.74) is 4.33. The van der Waals surface area contributed by atoms with E-state index in [1.165, 1.54) is 28.6 Å². The molecule has 0 unspecified atom stereocenters. The van der Waals surface area contributed by atoms with Crippen LogP contribution in [-0.4, -0.2) is 32.6 Å². The monoisotopic (exact) mass is 435 g/mol. The molecule has 32 heavy (non-hydrogen) atoms. The minimum atomic E-state index is -0.300. The van der Waals surface area contributed by atoms with Crippen molar-refractivity contribution in [3.63, 3.8) is 0 Å². The van der Waals surface area contributed by atoms with Crippen LogP contribution in [0.4, 0.5) is 0 Å². The third-order valence-corrected chi connectivity index (χ3v) is 5.98. The Morgan fingerprint density at radius 1 is 1.12 bits per heavy atom. The molecule has 0 radical (unpaired) electrons. The summed E-state index contributed by atoms with van der Waals surface area (Å²) in [7, 11) is 3.18. The summed E-state index contributed by atoms with van der Waals surface area (Å²) in [6.07, 6.45) is 6.07. The van der Waals surface area contributed by atoms with Crippen LogP contribution in [0, 0.1) is 12.8 Å². The Bertz CT molecular complexity index is 1160. The molecule has 1 fully saturated rings. The second kappa shape index (κ2) is 9.80. The van der Waals surface area contributed by atoms with Gasteiger partial charge in [-0.25, -0.2) is 4.79 Å². The van der Waals surface area contributed by atoms with E-state index in [4.69, 9.17) is 9.57 Å². The highest BCUT2D eigenvalue weighted by Gasteiger charge is 2.22. The Morgan fingerprint density at radius 2 is 1.91 bits per heavy atom. The summed E-state index contributed by atoms with van der Waals surface area (Å²) < 4.78 is 8.61. The first-order valence-corrected chi connectivity index (χ1v) is 11.0. The first kappa shape index (κ1) is 21.8. The second-order valence-corrected chi connectivity index (χ2v) is 8.19. The number of hydrogen-bond acceptors (Lipinski definition) is 6. The predicted octanol–water partition coefficient (Wildman–Crippen LogP) is 3.78. The largest absolute Gasteiger partial charge is 0.489 e. The lowest BCUT2D eigenvalue weighted by Gasteiger charge is -2.23. The lowest BCUT2D eigenvalue weighted by atomic mass is 9.83. The molecule has 3 aromatic rings. The van der Waals surface area contributed by atoms with E-state index in [2.05, 4.69) is 21.6 Å². The van der Waals surface area contributed by atoms with Crippen molar-refractivity contribution in [1.82, 2.24) is 19.8 Å². The Kier molecular flexibility index (Phi) is 6.68. The normalized spacial score (nSPS) is 15.0. The van der Waals surface area contributed by atoms with Crippen LogP contribution in [0.5, 0.6) is 5.75 Å². The lowest BCUT2D eigenvalue weighted by Crippen LogP contribution is -2.23. The van der Waals surface area contributed by atoms with Gasteiger partial charge in [0.1, 0.15) is 19.5 Å². The third-order valence-electron chi connectivity index (χ3n) is 5.98. The van der Waals surface area contributed by atoms with Gasteiger partial charge in [-0.1, -0.05) is 42.6 Å². The molecule has 0 N–H and O–H groups in total. The van der Waals surface area contributed by atoms with Crippen molar-refractivity contribution in [2.75, 3.05) is 7.11 Å². The van der Waals surface area contributed by atoms with E-state index >= 15 is 0 Å². The zero-order valence-corrected chi connectivity index (χ0v) is 18.8. The summed E-state index contributed by atoms with van der Waals surface area (Å²) in [6.45, 7) is 2.34. The van der Waals surface area contributed by atoms with Crippen LogP contribution >= 0.6 is 0 Å². The summed E-state index contributed by atoms with van der Waals surface area (Å²) in [5.74, 6) is 1.22. The lowest BCUT2D eigenvalue weighted by molar-refractivity contribution is 0.210. The van der Waals surface area contributed by atoms with Crippen molar-refractivity contribution in [2.45, 2.75) is 45.6 Å². The molecule has 8 nitrogen and oxygen atoms in total. The highest BCUT2D eigenvalue weighted by molar-refractivity contribution is 6.02. The van der Waals surface area contributed by atoms with Gasteiger partial charge < -0.3 is 9.57 Å². The van der Waals surface area contributed by atoms with Gasteiger partial charge in [-0.05, 0) is 60.0 Å². The highest BCUT2D eigenvalue weighted by Crippen LogP contribution is 2.30. The molecule has 1 saturated carbocycles. The molecule has 0 atom stereocenters. The molecular weight excluding hydrogens is 406 g/mol. The van der Waals surface area contributed by atoms with E-state index in [1.54, 1.807) is 14.2 Å². The molecule has 0 spiro atoms. The van der Waals surface area contributed by atoms with E-state index in [0.29, 0.717) is 18.2 Å². The van der Waals surface area contributed by atoms with E-state index in [1.807, 2.05) is 43.3 Å².